The van der Waals surface area contributed by atoms with Gasteiger partial charge in [0.15, 0.2) is 0 Å². The van der Waals surface area contributed by atoms with E-state index in [1.54, 1.807) is 0 Å². The lowest BCUT2D eigenvalue weighted by Gasteiger charge is -2.33. The van der Waals surface area contributed by atoms with E-state index in [-0.39, 0.29) is 17.2 Å². The summed E-state index contributed by atoms with van der Waals surface area (Å²) in [6.45, 7) is 16.1. The standard InChI is InChI=1S/C14H27NO2/c1-13(2,3)15-7-10-11(8-15)16-9-12(10)17-14(4,5)6/h10-12H,7-9H2,1-6H3. The topological polar surface area (TPSA) is 21.7 Å². The van der Waals surface area contributed by atoms with E-state index in [0.717, 1.165) is 19.7 Å². The molecule has 2 heterocycles. The van der Waals surface area contributed by atoms with E-state index in [4.69, 9.17) is 9.47 Å². The fourth-order valence-corrected chi connectivity index (χ4v) is 2.80. The fourth-order valence-electron chi connectivity index (χ4n) is 2.80. The zero-order valence-corrected chi connectivity index (χ0v) is 12.1. The minimum atomic E-state index is -0.0714. The summed E-state index contributed by atoms with van der Waals surface area (Å²) in [6.07, 6.45) is 0.647. The molecule has 0 aromatic rings. The van der Waals surface area contributed by atoms with Gasteiger partial charge < -0.3 is 9.47 Å². The van der Waals surface area contributed by atoms with Crippen molar-refractivity contribution in [2.24, 2.45) is 5.92 Å². The molecular weight excluding hydrogens is 214 g/mol. The number of likely N-dealkylation sites (tertiary alicyclic amines) is 1. The highest BCUT2D eigenvalue weighted by atomic mass is 16.6. The summed E-state index contributed by atoms with van der Waals surface area (Å²) < 4.78 is 12.0. The SMILES string of the molecule is CC(C)(C)OC1COC2CN(C(C)(C)C)CC21. The Hall–Kier alpha value is -0.120. The Morgan fingerprint density at radius 2 is 1.71 bits per heavy atom. The number of fused-ring (bicyclic) bond motifs is 1. The minimum absolute atomic E-state index is 0.0714. The van der Waals surface area contributed by atoms with Crippen LogP contribution in [0.25, 0.3) is 0 Å². The first-order chi connectivity index (χ1) is 7.67. The van der Waals surface area contributed by atoms with Crippen molar-refractivity contribution in [1.82, 2.24) is 4.90 Å². The Morgan fingerprint density at radius 1 is 1.06 bits per heavy atom. The molecule has 2 fully saturated rings. The van der Waals surface area contributed by atoms with Crippen molar-refractivity contribution in [3.63, 3.8) is 0 Å². The van der Waals surface area contributed by atoms with Gasteiger partial charge in [-0.15, -0.1) is 0 Å². The van der Waals surface area contributed by atoms with E-state index in [1.165, 1.54) is 0 Å². The van der Waals surface area contributed by atoms with Crippen molar-refractivity contribution in [2.45, 2.75) is 64.9 Å². The van der Waals surface area contributed by atoms with Gasteiger partial charge in [-0.2, -0.15) is 0 Å². The molecule has 3 atom stereocenters. The predicted octanol–water partition coefficient (Wildman–Crippen LogP) is 2.30. The monoisotopic (exact) mass is 241 g/mol. The van der Waals surface area contributed by atoms with Crippen LogP contribution in [-0.2, 0) is 9.47 Å². The number of rotatable bonds is 1. The molecule has 100 valence electrons. The zero-order valence-electron chi connectivity index (χ0n) is 12.1. The Morgan fingerprint density at radius 3 is 2.24 bits per heavy atom. The average molecular weight is 241 g/mol. The van der Waals surface area contributed by atoms with Crippen LogP contribution < -0.4 is 0 Å². The first-order valence-corrected chi connectivity index (χ1v) is 6.71. The highest BCUT2D eigenvalue weighted by Crippen LogP contribution is 2.35. The molecule has 0 spiro atoms. The van der Waals surface area contributed by atoms with Gasteiger partial charge in [0.25, 0.3) is 0 Å². The van der Waals surface area contributed by atoms with Crippen LogP contribution in [0.2, 0.25) is 0 Å². The normalized spacial score (nSPS) is 35.3. The van der Waals surface area contributed by atoms with Crippen LogP contribution in [0.1, 0.15) is 41.5 Å². The third-order valence-electron chi connectivity index (χ3n) is 3.71. The Bertz CT molecular complexity index is 277. The smallest absolute Gasteiger partial charge is 0.0881 e. The second-order valence-corrected chi connectivity index (χ2v) is 7.38. The molecule has 0 saturated carbocycles. The lowest BCUT2D eigenvalue weighted by molar-refractivity contribution is -0.0784. The first-order valence-electron chi connectivity index (χ1n) is 6.71. The minimum Gasteiger partial charge on any atom is -0.374 e. The quantitative estimate of drug-likeness (QED) is 0.703. The maximum Gasteiger partial charge on any atom is 0.0881 e. The van der Waals surface area contributed by atoms with E-state index < -0.39 is 0 Å². The van der Waals surface area contributed by atoms with Crippen molar-refractivity contribution in [3.8, 4) is 0 Å². The predicted molar refractivity (Wildman–Crippen MR) is 69.2 cm³/mol. The molecule has 3 nitrogen and oxygen atoms in total. The van der Waals surface area contributed by atoms with Gasteiger partial charge in [-0.1, -0.05) is 0 Å². The van der Waals surface area contributed by atoms with E-state index in [0.29, 0.717) is 12.0 Å². The third kappa shape index (κ3) is 3.01. The van der Waals surface area contributed by atoms with Crippen LogP contribution in [0.5, 0.6) is 0 Å². The Kier molecular flexibility index (Phi) is 3.30. The van der Waals surface area contributed by atoms with Gasteiger partial charge >= 0.3 is 0 Å². The van der Waals surface area contributed by atoms with E-state index in [1.807, 2.05) is 0 Å². The average Bonchev–Trinajstić information content (AvgIpc) is 2.63. The van der Waals surface area contributed by atoms with E-state index in [2.05, 4.69) is 46.4 Å². The van der Waals surface area contributed by atoms with Gasteiger partial charge in [0, 0.05) is 24.5 Å². The maximum atomic E-state index is 6.12. The van der Waals surface area contributed by atoms with Crippen LogP contribution in [0.4, 0.5) is 0 Å². The molecule has 3 unspecified atom stereocenters. The molecule has 0 radical (unpaired) electrons. The zero-order chi connectivity index (χ0) is 12.8. The van der Waals surface area contributed by atoms with Gasteiger partial charge in [-0.25, -0.2) is 0 Å². The van der Waals surface area contributed by atoms with Crippen molar-refractivity contribution in [2.75, 3.05) is 19.7 Å². The van der Waals surface area contributed by atoms with Crippen molar-refractivity contribution in [3.05, 3.63) is 0 Å². The van der Waals surface area contributed by atoms with E-state index >= 15 is 0 Å². The third-order valence-corrected chi connectivity index (χ3v) is 3.71. The highest BCUT2D eigenvalue weighted by Gasteiger charge is 2.47. The summed E-state index contributed by atoms with van der Waals surface area (Å²) in [6, 6.07) is 0. The van der Waals surface area contributed by atoms with Crippen LogP contribution >= 0.6 is 0 Å². The Balaban J connectivity index is 1.99. The molecule has 2 aliphatic heterocycles. The second-order valence-electron chi connectivity index (χ2n) is 7.38. The molecule has 0 amide bonds. The largest absolute Gasteiger partial charge is 0.374 e. The molecule has 3 heteroatoms. The van der Waals surface area contributed by atoms with Crippen molar-refractivity contribution in [1.29, 1.82) is 0 Å². The highest BCUT2D eigenvalue weighted by molar-refractivity contribution is 4.98. The first kappa shape index (κ1) is 13.3. The van der Waals surface area contributed by atoms with E-state index in [9.17, 15) is 0 Å². The van der Waals surface area contributed by atoms with Gasteiger partial charge in [0.1, 0.15) is 0 Å². The van der Waals surface area contributed by atoms with Crippen LogP contribution in [0.15, 0.2) is 0 Å². The molecule has 0 aromatic carbocycles. The molecule has 0 aromatic heterocycles. The van der Waals surface area contributed by atoms with Gasteiger partial charge in [0.2, 0.25) is 0 Å². The molecule has 0 bridgehead atoms. The molecule has 2 saturated heterocycles. The lowest BCUT2D eigenvalue weighted by Crippen LogP contribution is -2.42. The van der Waals surface area contributed by atoms with Crippen LogP contribution in [0.3, 0.4) is 0 Å². The molecule has 0 aliphatic carbocycles. The molecule has 2 aliphatic rings. The lowest BCUT2D eigenvalue weighted by atomic mass is 10.0. The maximum absolute atomic E-state index is 6.12. The van der Waals surface area contributed by atoms with Crippen LogP contribution in [-0.4, -0.2) is 47.9 Å². The second kappa shape index (κ2) is 4.22. The Labute approximate surface area is 105 Å². The van der Waals surface area contributed by atoms with Crippen LogP contribution in [0, 0.1) is 5.92 Å². The van der Waals surface area contributed by atoms with Gasteiger partial charge in [-0.05, 0) is 41.5 Å². The summed E-state index contributed by atoms with van der Waals surface area (Å²) in [5.74, 6) is 0.549. The number of hydrogen-bond acceptors (Lipinski definition) is 3. The van der Waals surface area contributed by atoms with Gasteiger partial charge in [-0.3, -0.25) is 4.90 Å². The number of ether oxygens (including phenoxy) is 2. The molecule has 17 heavy (non-hydrogen) atoms. The number of nitrogens with zero attached hydrogens (tertiary/aromatic N) is 1. The fraction of sp³-hybridized carbons (Fsp3) is 1.00. The molecule has 0 N–H and O–H groups in total. The molecule has 2 rings (SSSR count). The summed E-state index contributed by atoms with van der Waals surface area (Å²) in [7, 11) is 0. The molecular formula is C14H27NO2. The van der Waals surface area contributed by atoms with Crippen molar-refractivity contribution < 1.29 is 9.47 Å². The summed E-state index contributed by atoms with van der Waals surface area (Å²) in [5.41, 5.74) is 0.165. The van der Waals surface area contributed by atoms with Crippen molar-refractivity contribution >= 4 is 0 Å². The summed E-state index contributed by atoms with van der Waals surface area (Å²) in [5, 5.41) is 0. The summed E-state index contributed by atoms with van der Waals surface area (Å²) in [4.78, 5) is 2.51. The number of hydrogen-bond donors (Lipinski definition) is 0. The summed E-state index contributed by atoms with van der Waals surface area (Å²) >= 11 is 0. The van der Waals surface area contributed by atoms with Gasteiger partial charge in [0.05, 0.1) is 24.4 Å².